The van der Waals surface area contributed by atoms with Gasteiger partial charge < -0.3 is 20.1 Å². The van der Waals surface area contributed by atoms with Crippen molar-refractivity contribution in [2.24, 2.45) is 0 Å². The Hall–Kier alpha value is -0.160. The number of nitrogens with one attached hydrogen (secondary N) is 2. The first-order valence-corrected chi connectivity index (χ1v) is 5.55. The molecule has 1 atom stereocenters. The van der Waals surface area contributed by atoms with Gasteiger partial charge in [0.1, 0.15) is 5.60 Å². The SMILES string of the molecule is C1COCC2(CN1)CNCCO2.CC. The summed E-state index contributed by atoms with van der Waals surface area (Å²) in [7, 11) is 0. The van der Waals surface area contributed by atoms with Gasteiger partial charge in [-0.05, 0) is 0 Å². The number of hydrogen-bond donors (Lipinski definition) is 2. The summed E-state index contributed by atoms with van der Waals surface area (Å²) in [4.78, 5) is 0. The lowest BCUT2D eigenvalue weighted by Gasteiger charge is -2.36. The number of hydrogen-bond acceptors (Lipinski definition) is 4. The maximum Gasteiger partial charge on any atom is 0.116 e. The molecule has 0 aliphatic carbocycles. The Morgan fingerprint density at radius 1 is 1.00 bits per heavy atom. The van der Waals surface area contributed by atoms with Gasteiger partial charge in [0.2, 0.25) is 0 Å². The van der Waals surface area contributed by atoms with Crippen LogP contribution in [-0.4, -0.2) is 51.6 Å². The topological polar surface area (TPSA) is 42.5 Å². The average Bonchev–Trinajstić information content (AvgIpc) is 2.48. The van der Waals surface area contributed by atoms with Crippen molar-refractivity contribution in [3.8, 4) is 0 Å². The first-order chi connectivity index (χ1) is 6.91. The zero-order valence-corrected chi connectivity index (χ0v) is 9.27. The maximum absolute atomic E-state index is 5.74. The summed E-state index contributed by atoms with van der Waals surface area (Å²) < 4.78 is 11.2. The third kappa shape index (κ3) is 3.20. The minimum absolute atomic E-state index is 0.102. The van der Waals surface area contributed by atoms with E-state index in [0.717, 1.165) is 39.4 Å². The first kappa shape index (κ1) is 11.9. The van der Waals surface area contributed by atoms with Crippen LogP contribution in [0.1, 0.15) is 13.8 Å². The van der Waals surface area contributed by atoms with Gasteiger partial charge in [0.05, 0.1) is 19.8 Å². The Morgan fingerprint density at radius 2 is 1.64 bits per heavy atom. The Kier molecular flexibility index (Phi) is 5.40. The summed E-state index contributed by atoms with van der Waals surface area (Å²) in [5.74, 6) is 0. The van der Waals surface area contributed by atoms with Crippen LogP contribution in [0.2, 0.25) is 0 Å². The van der Waals surface area contributed by atoms with Crippen LogP contribution in [0, 0.1) is 0 Å². The largest absolute Gasteiger partial charge is 0.377 e. The molecule has 14 heavy (non-hydrogen) atoms. The minimum Gasteiger partial charge on any atom is -0.377 e. The summed E-state index contributed by atoms with van der Waals surface area (Å²) >= 11 is 0. The van der Waals surface area contributed by atoms with Gasteiger partial charge in [-0.2, -0.15) is 0 Å². The van der Waals surface area contributed by atoms with E-state index in [-0.39, 0.29) is 5.60 Å². The van der Waals surface area contributed by atoms with Crippen LogP contribution in [0.5, 0.6) is 0 Å². The summed E-state index contributed by atoms with van der Waals surface area (Å²) in [6, 6.07) is 0. The van der Waals surface area contributed by atoms with Crippen molar-refractivity contribution in [3.63, 3.8) is 0 Å². The minimum atomic E-state index is -0.102. The molecule has 4 nitrogen and oxygen atoms in total. The van der Waals surface area contributed by atoms with Crippen molar-refractivity contribution >= 4 is 0 Å². The predicted octanol–water partition coefficient (Wildman–Crippen LogP) is -0.00900. The molecule has 2 saturated heterocycles. The van der Waals surface area contributed by atoms with Gasteiger partial charge in [0, 0.05) is 26.2 Å². The van der Waals surface area contributed by atoms with E-state index in [0.29, 0.717) is 6.61 Å². The molecule has 1 unspecified atom stereocenters. The van der Waals surface area contributed by atoms with Crippen LogP contribution in [0.25, 0.3) is 0 Å². The van der Waals surface area contributed by atoms with Gasteiger partial charge in [-0.15, -0.1) is 0 Å². The Balaban J connectivity index is 0.000000461. The molecule has 0 aromatic carbocycles. The Labute approximate surface area is 86.3 Å². The van der Waals surface area contributed by atoms with Gasteiger partial charge in [0.25, 0.3) is 0 Å². The van der Waals surface area contributed by atoms with Crippen molar-refractivity contribution in [1.29, 1.82) is 0 Å². The van der Waals surface area contributed by atoms with E-state index >= 15 is 0 Å². The highest BCUT2D eigenvalue weighted by Crippen LogP contribution is 2.14. The normalized spacial score (nSPS) is 33.0. The number of morpholine rings is 1. The molecule has 2 fully saturated rings. The first-order valence-electron chi connectivity index (χ1n) is 5.55. The quantitative estimate of drug-likeness (QED) is 0.580. The van der Waals surface area contributed by atoms with E-state index in [2.05, 4.69) is 10.6 Å². The predicted molar refractivity (Wildman–Crippen MR) is 56.6 cm³/mol. The van der Waals surface area contributed by atoms with Crippen LogP contribution >= 0.6 is 0 Å². The molecule has 0 radical (unpaired) electrons. The molecule has 0 saturated carbocycles. The maximum atomic E-state index is 5.74. The fourth-order valence-corrected chi connectivity index (χ4v) is 1.68. The molecular formula is C10H22N2O2. The fourth-order valence-electron chi connectivity index (χ4n) is 1.68. The molecule has 84 valence electrons. The van der Waals surface area contributed by atoms with Crippen LogP contribution in [0.3, 0.4) is 0 Å². The van der Waals surface area contributed by atoms with Gasteiger partial charge in [-0.3, -0.25) is 0 Å². The summed E-state index contributed by atoms with van der Waals surface area (Å²) in [5, 5.41) is 6.65. The smallest absolute Gasteiger partial charge is 0.116 e. The summed E-state index contributed by atoms with van der Waals surface area (Å²) in [6.45, 7) is 10.0. The Bertz CT molecular complexity index is 137. The fraction of sp³-hybridized carbons (Fsp3) is 1.00. The third-order valence-electron chi connectivity index (χ3n) is 2.37. The van der Waals surface area contributed by atoms with Gasteiger partial charge in [-0.1, -0.05) is 13.8 Å². The highest BCUT2D eigenvalue weighted by atomic mass is 16.5. The van der Waals surface area contributed by atoms with Crippen molar-refractivity contribution in [2.45, 2.75) is 19.4 Å². The van der Waals surface area contributed by atoms with E-state index in [4.69, 9.17) is 9.47 Å². The van der Waals surface area contributed by atoms with E-state index in [1.165, 1.54) is 0 Å². The number of ether oxygens (including phenoxy) is 2. The second-order valence-electron chi connectivity index (χ2n) is 3.44. The van der Waals surface area contributed by atoms with Crippen LogP contribution in [-0.2, 0) is 9.47 Å². The van der Waals surface area contributed by atoms with E-state index < -0.39 is 0 Å². The van der Waals surface area contributed by atoms with Gasteiger partial charge >= 0.3 is 0 Å². The lowest BCUT2D eigenvalue weighted by atomic mass is 10.0. The van der Waals surface area contributed by atoms with Crippen molar-refractivity contribution < 1.29 is 9.47 Å². The average molecular weight is 202 g/mol. The van der Waals surface area contributed by atoms with Crippen molar-refractivity contribution in [3.05, 3.63) is 0 Å². The van der Waals surface area contributed by atoms with Crippen molar-refractivity contribution in [1.82, 2.24) is 10.6 Å². The molecule has 0 bridgehead atoms. The molecule has 4 heteroatoms. The molecule has 2 rings (SSSR count). The molecule has 2 heterocycles. The number of rotatable bonds is 0. The zero-order chi connectivity index (χ0) is 10.3. The third-order valence-corrected chi connectivity index (χ3v) is 2.37. The van der Waals surface area contributed by atoms with Crippen LogP contribution in [0.4, 0.5) is 0 Å². The second kappa shape index (κ2) is 6.35. The second-order valence-corrected chi connectivity index (χ2v) is 3.44. The summed E-state index contributed by atoms with van der Waals surface area (Å²) in [6.07, 6.45) is 0. The molecule has 0 aromatic heterocycles. The molecule has 1 spiro atoms. The van der Waals surface area contributed by atoms with Gasteiger partial charge in [-0.25, -0.2) is 0 Å². The molecular weight excluding hydrogens is 180 g/mol. The highest BCUT2D eigenvalue weighted by Gasteiger charge is 2.34. The zero-order valence-electron chi connectivity index (χ0n) is 9.27. The summed E-state index contributed by atoms with van der Waals surface area (Å²) in [5.41, 5.74) is -0.102. The lowest BCUT2D eigenvalue weighted by Crippen LogP contribution is -2.56. The molecule has 0 amide bonds. The highest BCUT2D eigenvalue weighted by molar-refractivity contribution is 4.89. The van der Waals surface area contributed by atoms with E-state index in [9.17, 15) is 0 Å². The molecule has 2 aliphatic rings. The monoisotopic (exact) mass is 202 g/mol. The van der Waals surface area contributed by atoms with E-state index in [1.54, 1.807) is 0 Å². The lowest BCUT2D eigenvalue weighted by molar-refractivity contribution is -0.0992. The van der Waals surface area contributed by atoms with Crippen molar-refractivity contribution in [2.75, 3.05) is 46.0 Å². The molecule has 0 aromatic rings. The molecule has 2 aliphatic heterocycles. The molecule has 2 N–H and O–H groups in total. The van der Waals surface area contributed by atoms with Crippen LogP contribution < -0.4 is 10.6 Å². The Morgan fingerprint density at radius 3 is 2.29 bits per heavy atom. The van der Waals surface area contributed by atoms with E-state index in [1.807, 2.05) is 13.8 Å². The standard InChI is InChI=1S/C8H16N2O2.C2H6/c1-3-11-7-8(5-9-1)6-10-2-4-12-8;1-2/h9-10H,1-7H2;1-2H3. The van der Waals surface area contributed by atoms with Gasteiger partial charge in [0.15, 0.2) is 0 Å². The van der Waals surface area contributed by atoms with Crippen LogP contribution in [0.15, 0.2) is 0 Å².